The summed E-state index contributed by atoms with van der Waals surface area (Å²) in [4.78, 5) is 27.2. The quantitative estimate of drug-likeness (QED) is 0.856. The Morgan fingerprint density at radius 3 is 2.58 bits per heavy atom. The van der Waals surface area contributed by atoms with Crippen LogP contribution < -0.4 is 5.32 Å². The smallest absolute Gasteiger partial charge is 0.310 e. The number of aliphatic carboxylic acids is 1. The summed E-state index contributed by atoms with van der Waals surface area (Å²) in [5.41, 5.74) is 0.439. The summed E-state index contributed by atoms with van der Waals surface area (Å²) in [5, 5.41) is 12.0. The summed E-state index contributed by atoms with van der Waals surface area (Å²) >= 11 is 0. The second-order valence-electron chi connectivity index (χ2n) is 5.29. The summed E-state index contributed by atoms with van der Waals surface area (Å²) in [6, 6.07) is 1.79. The lowest BCUT2D eigenvalue weighted by Gasteiger charge is -2.28. The van der Waals surface area contributed by atoms with Crippen molar-refractivity contribution in [1.29, 1.82) is 0 Å². The molecule has 2 N–H and O–H groups in total. The summed E-state index contributed by atoms with van der Waals surface area (Å²) in [5.74, 6) is -1.40. The highest BCUT2D eigenvalue weighted by Gasteiger charge is 2.38. The fourth-order valence-corrected chi connectivity index (χ4v) is 1.65. The minimum absolute atomic E-state index is 0.0612. The van der Waals surface area contributed by atoms with Gasteiger partial charge >= 0.3 is 5.97 Å². The topological polar surface area (TPSA) is 79.3 Å². The molecule has 0 aliphatic rings. The Balaban J connectivity index is 2.80. The monoisotopic (exact) mass is 264 g/mol. The fraction of sp³-hybridized carbons (Fsp3) is 0.500. The molecule has 1 heterocycles. The van der Waals surface area contributed by atoms with Crippen LogP contribution in [0.2, 0.25) is 0 Å². The lowest BCUT2D eigenvalue weighted by molar-refractivity contribution is -0.153. The van der Waals surface area contributed by atoms with Crippen molar-refractivity contribution in [2.75, 3.05) is 5.32 Å². The Bertz CT molecular complexity index is 485. The number of anilines is 1. The standard InChI is InChI=1S/C14H20N2O3/c1-9(2)14(4,13(18)19)7-12(17)16-11-8-15-6-5-10(11)3/h5-6,8-9H,7H2,1-4H3,(H,16,17)(H,18,19). The number of aryl methyl sites for hydroxylation is 1. The van der Waals surface area contributed by atoms with Gasteiger partial charge in [0.15, 0.2) is 0 Å². The van der Waals surface area contributed by atoms with Crippen molar-refractivity contribution < 1.29 is 14.7 Å². The van der Waals surface area contributed by atoms with Gasteiger partial charge in [0, 0.05) is 12.6 Å². The molecular formula is C14H20N2O3. The SMILES string of the molecule is Cc1ccncc1NC(=O)CC(C)(C(=O)O)C(C)C. The molecule has 0 spiro atoms. The zero-order valence-corrected chi connectivity index (χ0v) is 11.7. The van der Waals surface area contributed by atoms with Crippen molar-refractivity contribution >= 4 is 17.6 Å². The van der Waals surface area contributed by atoms with Crippen molar-refractivity contribution in [2.24, 2.45) is 11.3 Å². The van der Waals surface area contributed by atoms with Gasteiger partial charge in [-0.3, -0.25) is 14.6 Å². The van der Waals surface area contributed by atoms with E-state index in [1.54, 1.807) is 39.2 Å². The normalized spacial score (nSPS) is 13.9. The van der Waals surface area contributed by atoms with Gasteiger partial charge in [0.1, 0.15) is 0 Å². The van der Waals surface area contributed by atoms with Crippen LogP contribution in [0.4, 0.5) is 5.69 Å². The Morgan fingerprint density at radius 2 is 2.11 bits per heavy atom. The summed E-state index contributed by atoms with van der Waals surface area (Å²) in [6.45, 7) is 7.05. The Kier molecular flexibility index (Phi) is 4.64. The van der Waals surface area contributed by atoms with E-state index in [9.17, 15) is 14.7 Å². The number of nitrogens with one attached hydrogen (secondary N) is 1. The number of carbonyl (C=O) groups excluding carboxylic acids is 1. The van der Waals surface area contributed by atoms with E-state index >= 15 is 0 Å². The van der Waals surface area contributed by atoms with Crippen LogP contribution in [0, 0.1) is 18.3 Å². The molecule has 1 unspecified atom stereocenters. The van der Waals surface area contributed by atoms with Crippen LogP contribution in [-0.4, -0.2) is 22.0 Å². The van der Waals surface area contributed by atoms with E-state index in [0.29, 0.717) is 5.69 Å². The zero-order chi connectivity index (χ0) is 14.6. The molecule has 5 heteroatoms. The first kappa shape index (κ1) is 15.1. The average molecular weight is 264 g/mol. The number of aromatic nitrogens is 1. The molecule has 0 aliphatic carbocycles. The third-order valence-electron chi connectivity index (χ3n) is 3.60. The number of nitrogens with zero attached hydrogens (tertiary/aromatic N) is 1. The number of amides is 1. The molecule has 1 rings (SSSR count). The zero-order valence-electron chi connectivity index (χ0n) is 11.7. The van der Waals surface area contributed by atoms with Crippen molar-refractivity contribution in [3.8, 4) is 0 Å². The first-order valence-corrected chi connectivity index (χ1v) is 6.21. The number of carboxylic acids is 1. The van der Waals surface area contributed by atoms with Gasteiger partial charge in [-0.2, -0.15) is 0 Å². The van der Waals surface area contributed by atoms with Crippen LogP contribution in [0.3, 0.4) is 0 Å². The highest BCUT2D eigenvalue weighted by atomic mass is 16.4. The van der Waals surface area contributed by atoms with Crippen LogP contribution in [0.15, 0.2) is 18.5 Å². The summed E-state index contributed by atoms with van der Waals surface area (Å²) in [6.07, 6.45) is 3.13. The number of carboxylic acid groups (broad SMARTS) is 1. The molecule has 19 heavy (non-hydrogen) atoms. The predicted molar refractivity (Wildman–Crippen MR) is 72.8 cm³/mol. The maximum Gasteiger partial charge on any atom is 0.310 e. The second kappa shape index (κ2) is 5.82. The fourth-order valence-electron chi connectivity index (χ4n) is 1.65. The lowest BCUT2D eigenvalue weighted by atomic mass is 9.76. The van der Waals surface area contributed by atoms with Gasteiger partial charge in [0.05, 0.1) is 17.3 Å². The van der Waals surface area contributed by atoms with Gasteiger partial charge in [0.2, 0.25) is 5.91 Å². The maximum absolute atomic E-state index is 12.0. The average Bonchev–Trinajstić information content (AvgIpc) is 2.31. The molecule has 1 aromatic rings. The highest BCUT2D eigenvalue weighted by Crippen LogP contribution is 2.31. The molecule has 0 radical (unpaired) electrons. The van der Waals surface area contributed by atoms with E-state index in [2.05, 4.69) is 10.3 Å². The number of pyridine rings is 1. The van der Waals surface area contributed by atoms with Crippen molar-refractivity contribution in [1.82, 2.24) is 4.98 Å². The molecular weight excluding hydrogens is 244 g/mol. The molecule has 0 aliphatic heterocycles. The van der Waals surface area contributed by atoms with E-state index in [0.717, 1.165) is 5.56 Å². The minimum Gasteiger partial charge on any atom is -0.481 e. The molecule has 1 atom stereocenters. The van der Waals surface area contributed by atoms with Gasteiger partial charge in [-0.05, 0) is 31.4 Å². The maximum atomic E-state index is 12.0. The van der Waals surface area contributed by atoms with E-state index in [-0.39, 0.29) is 18.2 Å². The van der Waals surface area contributed by atoms with Crippen LogP contribution in [0.25, 0.3) is 0 Å². The molecule has 0 bridgehead atoms. The molecule has 1 amide bonds. The minimum atomic E-state index is -1.07. The number of hydrogen-bond donors (Lipinski definition) is 2. The van der Waals surface area contributed by atoms with Crippen molar-refractivity contribution in [3.63, 3.8) is 0 Å². The van der Waals surface area contributed by atoms with Crippen molar-refractivity contribution in [2.45, 2.75) is 34.1 Å². The third-order valence-corrected chi connectivity index (χ3v) is 3.60. The van der Waals surface area contributed by atoms with Crippen molar-refractivity contribution in [3.05, 3.63) is 24.0 Å². The number of rotatable bonds is 5. The van der Waals surface area contributed by atoms with Gasteiger partial charge in [-0.25, -0.2) is 0 Å². The molecule has 0 saturated heterocycles. The first-order chi connectivity index (χ1) is 8.77. The van der Waals surface area contributed by atoms with Gasteiger partial charge in [-0.15, -0.1) is 0 Å². The first-order valence-electron chi connectivity index (χ1n) is 6.21. The predicted octanol–water partition coefficient (Wildman–Crippen LogP) is 2.47. The van der Waals surface area contributed by atoms with Gasteiger partial charge in [0.25, 0.3) is 0 Å². The molecule has 5 nitrogen and oxygen atoms in total. The molecule has 0 aromatic carbocycles. The van der Waals surface area contributed by atoms with Crippen LogP contribution in [0.1, 0.15) is 32.8 Å². The summed E-state index contributed by atoms with van der Waals surface area (Å²) < 4.78 is 0. The molecule has 0 fully saturated rings. The third kappa shape index (κ3) is 3.53. The van der Waals surface area contributed by atoms with Gasteiger partial charge < -0.3 is 10.4 Å². The van der Waals surface area contributed by atoms with Crippen LogP contribution in [0.5, 0.6) is 0 Å². The molecule has 1 aromatic heterocycles. The van der Waals surface area contributed by atoms with Crippen LogP contribution >= 0.6 is 0 Å². The van der Waals surface area contributed by atoms with Gasteiger partial charge in [-0.1, -0.05) is 13.8 Å². The number of hydrogen-bond acceptors (Lipinski definition) is 3. The van der Waals surface area contributed by atoms with E-state index in [4.69, 9.17) is 0 Å². The summed E-state index contributed by atoms with van der Waals surface area (Å²) in [7, 11) is 0. The molecule has 104 valence electrons. The largest absolute Gasteiger partial charge is 0.481 e. The number of carbonyl (C=O) groups is 2. The molecule has 0 saturated carbocycles. The van der Waals surface area contributed by atoms with E-state index in [1.807, 2.05) is 6.92 Å². The van der Waals surface area contributed by atoms with E-state index < -0.39 is 11.4 Å². The highest BCUT2D eigenvalue weighted by molar-refractivity contribution is 5.94. The Morgan fingerprint density at radius 1 is 1.47 bits per heavy atom. The lowest BCUT2D eigenvalue weighted by Crippen LogP contribution is -2.37. The van der Waals surface area contributed by atoms with Crippen LogP contribution in [-0.2, 0) is 9.59 Å². The Labute approximate surface area is 113 Å². The Hall–Kier alpha value is -1.91. The van der Waals surface area contributed by atoms with E-state index in [1.165, 1.54) is 0 Å². The second-order valence-corrected chi connectivity index (χ2v) is 5.29.